The van der Waals surface area contributed by atoms with Crippen LogP contribution in [0, 0.1) is 13.8 Å². The molecule has 7 nitrogen and oxygen atoms in total. The second kappa shape index (κ2) is 8.00. The number of anilines is 1. The SMILES string of the molecule is Cc1noc(C)c1CCC(=O)Nc1ccc(Cl)c(S(=O)(=O)N2CCCC2)c1. The maximum absolute atomic E-state index is 12.8. The minimum Gasteiger partial charge on any atom is -0.361 e. The van der Waals surface area contributed by atoms with E-state index < -0.39 is 10.0 Å². The summed E-state index contributed by atoms with van der Waals surface area (Å²) in [5.41, 5.74) is 2.09. The van der Waals surface area contributed by atoms with Gasteiger partial charge in [-0.2, -0.15) is 4.31 Å². The summed E-state index contributed by atoms with van der Waals surface area (Å²) < 4.78 is 32.0. The van der Waals surface area contributed by atoms with Gasteiger partial charge in [0.15, 0.2) is 0 Å². The number of sulfonamides is 1. The fraction of sp³-hybridized carbons (Fsp3) is 0.444. The molecule has 1 aromatic heterocycles. The number of carbonyl (C=O) groups is 1. The van der Waals surface area contributed by atoms with E-state index in [0.29, 0.717) is 31.0 Å². The van der Waals surface area contributed by atoms with E-state index in [0.717, 1.165) is 24.1 Å². The van der Waals surface area contributed by atoms with Crippen molar-refractivity contribution in [3.05, 3.63) is 40.2 Å². The van der Waals surface area contributed by atoms with Gasteiger partial charge in [0.25, 0.3) is 0 Å². The van der Waals surface area contributed by atoms with Crippen LogP contribution in [0.2, 0.25) is 5.02 Å². The first-order valence-corrected chi connectivity index (χ1v) is 10.6. The Hall–Kier alpha value is -1.90. The summed E-state index contributed by atoms with van der Waals surface area (Å²) in [4.78, 5) is 12.3. The number of amides is 1. The minimum absolute atomic E-state index is 0.0228. The molecule has 0 saturated carbocycles. The van der Waals surface area contributed by atoms with Gasteiger partial charge in [-0.15, -0.1) is 0 Å². The van der Waals surface area contributed by atoms with Gasteiger partial charge in [0.2, 0.25) is 15.9 Å². The summed E-state index contributed by atoms with van der Waals surface area (Å²) in [5.74, 6) is 0.479. The average Bonchev–Trinajstić information content (AvgIpc) is 3.26. The number of nitrogens with one attached hydrogen (secondary N) is 1. The first kappa shape index (κ1) is 19.9. The van der Waals surface area contributed by atoms with Gasteiger partial charge in [-0.3, -0.25) is 4.79 Å². The normalized spacial score (nSPS) is 15.2. The molecule has 0 unspecified atom stereocenters. The standard InChI is InChI=1S/C18H22ClN3O4S/c1-12-15(13(2)26-21-12)6-8-18(23)20-14-5-7-16(19)17(11-14)27(24,25)22-9-3-4-10-22/h5,7,11H,3-4,6,8-10H2,1-2H3,(H,20,23). The second-order valence-corrected chi connectivity index (χ2v) is 8.92. The van der Waals surface area contributed by atoms with Crippen LogP contribution >= 0.6 is 11.6 Å². The number of nitrogens with zero attached hydrogens (tertiary/aromatic N) is 2. The molecule has 27 heavy (non-hydrogen) atoms. The molecule has 1 aromatic carbocycles. The Labute approximate surface area is 163 Å². The Morgan fingerprint density at radius 2 is 2.00 bits per heavy atom. The first-order chi connectivity index (χ1) is 12.8. The Morgan fingerprint density at radius 1 is 1.30 bits per heavy atom. The van der Waals surface area contributed by atoms with E-state index in [1.165, 1.54) is 16.4 Å². The molecule has 0 atom stereocenters. The maximum Gasteiger partial charge on any atom is 0.244 e. The molecule has 0 spiro atoms. The molecule has 1 saturated heterocycles. The summed E-state index contributed by atoms with van der Waals surface area (Å²) in [6, 6.07) is 4.51. The molecule has 1 aliphatic rings. The summed E-state index contributed by atoms with van der Waals surface area (Å²) in [5, 5.41) is 6.76. The van der Waals surface area contributed by atoms with Crippen molar-refractivity contribution in [2.75, 3.05) is 18.4 Å². The third-order valence-corrected chi connectivity index (χ3v) is 7.06. The fourth-order valence-electron chi connectivity index (χ4n) is 3.17. The van der Waals surface area contributed by atoms with Crippen LogP contribution in [0.15, 0.2) is 27.6 Å². The highest BCUT2D eigenvalue weighted by atomic mass is 35.5. The maximum atomic E-state index is 12.8. The van der Waals surface area contributed by atoms with E-state index in [1.54, 1.807) is 6.07 Å². The van der Waals surface area contributed by atoms with E-state index in [9.17, 15) is 13.2 Å². The molecular formula is C18H22ClN3O4S. The number of halogens is 1. The van der Waals surface area contributed by atoms with Crippen LogP contribution in [0.4, 0.5) is 5.69 Å². The van der Waals surface area contributed by atoms with E-state index in [2.05, 4.69) is 10.5 Å². The quantitative estimate of drug-likeness (QED) is 0.787. The zero-order valence-electron chi connectivity index (χ0n) is 15.3. The van der Waals surface area contributed by atoms with E-state index in [4.69, 9.17) is 16.1 Å². The summed E-state index contributed by atoms with van der Waals surface area (Å²) >= 11 is 6.12. The molecule has 1 fully saturated rings. The predicted molar refractivity (Wildman–Crippen MR) is 102 cm³/mol. The van der Waals surface area contributed by atoms with Gasteiger partial charge in [0, 0.05) is 30.8 Å². The van der Waals surface area contributed by atoms with Crippen molar-refractivity contribution in [1.82, 2.24) is 9.46 Å². The van der Waals surface area contributed by atoms with Crippen LogP contribution in [-0.2, 0) is 21.2 Å². The minimum atomic E-state index is -3.66. The number of carbonyl (C=O) groups excluding carboxylic acids is 1. The number of benzene rings is 1. The Kier molecular flexibility index (Phi) is 5.88. The van der Waals surface area contributed by atoms with Gasteiger partial charge >= 0.3 is 0 Å². The van der Waals surface area contributed by atoms with Crippen molar-refractivity contribution in [3.8, 4) is 0 Å². The van der Waals surface area contributed by atoms with E-state index in [-0.39, 0.29) is 22.2 Å². The molecule has 3 rings (SSSR count). The fourth-order valence-corrected chi connectivity index (χ4v) is 5.18. The zero-order valence-corrected chi connectivity index (χ0v) is 16.9. The van der Waals surface area contributed by atoms with Crippen molar-refractivity contribution < 1.29 is 17.7 Å². The summed E-state index contributed by atoms with van der Waals surface area (Å²) in [6.07, 6.45) is 2.42. The molecule has 146 valence electrons. The lowest BCUT2D eigenvalue weighted by molar-refractivity contribution is -0.116. The lowest BCUT2D eigenvalue weighted by Crippen LogP contribution is -2.28. The highest BCUT2D eigenvalue weighted by Crippen LogP contribution is 2.29. The molecule has 0 radical (unpaired) electrons. The lowest BCUT2D eigenvalue weighted by Gasteiger charge is -2.17. The molecule has 9 heteroatoms. The van der Waals surface area contributed by atoms with Gasteiger partial charge in [0.1, 0.15) is 10.7 Å². The Morgan fingerprint density at radius 3 is 2.63 bits per heavy atom. The lowest BCUT2D eigenvalue weighted by atomic mass is 10.1. The van der Waals surface area contributed by atoms with Crippen LogP contribution in [0.3, 0.4) is 0 Å². The molecule has 0 aliphatic carbocycles. The van der Waals surface area contributed by atoms with Crippen LogP contribution in [0.1, 0.15) is 36.3 Å². The number of rotatable bonds is 6. The molecule has 0 bridgehead atoms. The van der Waals surface area contributed by atoms with Crippen molar-refractivity contribution >= 4 is 33.2 Å². The third-order valence-electron chi connectivity index (χ3n) is 4.68. The van der Waals surface area contributed by atoms with Crippen molar-refractivity contribution in [1.29, 1.82) is 0 Å². The van der Waals surface area contributed by atoms with E-state index in [1.807, 2.05) is 13.8 Å². The second-order valence-electron chi connectivity index (χ2n) is 6.61. The van der Waals surface area contributed by atoms with Crippen LogP contribution in [0.5, 0.6) is 0 Å². The van der Waals surface area contributed by atoms with Crippen molar-refractivity contribution in [2.24, 2.45) is 0 Å². The molecule has 2 aromatic rings. The number of hydrogen-bond donors (Lipinski definition) is 1. The number of aryl methyl sites for hydroxylation is 2. The average molecular weight is 412 g/mol. The van der Waals surface area contributed by atoms with Gasteiger partial charge in [0.05, 0.1) is 10.7 Å². The largest absolute Gasteiger partial charge is 0.361 e. The first-order valence-electron chi connectivity index (χ1n) is 8.80. The summed E-state index contributed by atoms with van der Waals surface area (Å²) in [7, 11) is -3.66. The van der Waals surface area contributed by atoms with Crippen LogP contribution in [0.25, 0.3) is 0 Å². The van der Waals surface area contributed by atoms with E-state index >= 15 is 0 Å². The van der Waals surface area contributed by atoms with Crippen molar-refractivity contribution in [3.63, 3.8) is 0 Å². The van der Waals surface area contributed by atoms with Gasteiger partial charge in [-0.05, 0) is 51.3 Å². The van der Waals surface area contributed by atoms with Crippen LogP contribution in [-0.4, -0.2) is 36.9 Å². The zero-order chi connectivity index (χ0) is 19.6. The predicted octanol–water partition coefficient (Wildman–Crippen LogP) is 3.30. The monoisotopic (exact) mass is 411 g/mol. The molecule has 1 aliphatic heterocycles. The van der Waals surface area contributed by atoms with Gasteiger partial charge in [-0.25, -0.2) is 8.42 Å². The topological polar surface area (TPSA) is 92.5 Å². The summed E-state index contributed by atoms with van der Waals surface area (Å²) in [6.45, 7) is 4.62. The smallest absolute Gasteiger partial charge is 0.244 e. The molecule has 1 N–H and O–H groups in total. The van der Waals surface area contributed by atoms with Gasteiger partial charge < -0.3 is 9.84 Å². The third kappa shape index (κ3) is 4.34. The van der Waals surface area contributed by atoms with Gasteiger partial charge in [-0.1, -0.05) is 16.8 Å². The molecule has 2 heterocycles. The van der Waals surface area contributed by atoms with Crippen molar-refractivity contribution in [2.45, 2.75) is 44.4 Å². The Bertz CT molecular complexity index is 930. The number of aromatic nitrogens is 1. The number of hydrogen-bond acceptors (Lipinski definition) is 5. The van der Waals surface area contributed by atoms with Crippen LogP contribution < -0.4 is 5.32 Å². The highest BCUT2D eigenvalue weighted by molar-refractivity contribution is 7.89. The molecule has 1 amide bonds. The Balaban J connectivity index is 1.71. The molecular weight excluding hydrogens is 390 g/mol. The highest BCUT2D eigenvalue weighted by Gasteiger charge is 2.29.